The van der Waals surface area contributed by atoms with Gasteiger partial charge in [0.1, 0.15) is 0 Å². The third kappa shape index (κ3) is 5.26. The Bertz CT molecular complexity index is 811. The number of halogens is 1. The molecule has 158 valence electrons. The number of piperidine rings is 1. The van der Waals surface area contributed by atoms with Gasteiger partial charge in [-0.05, 0) is 60.9 Å². The minimum atomic E-state index is -3.56. The first kappa shape index (κ1) is 23.1. The third-order valence-electron chi connectivity index (χ3n) is 6.04. The van der Waals surface area contributed by atoms with E-state index in [1.807, 2.05) is 11.0 Å². The van der Waals surface area contributed by atoms with Crippen LogP contribution in [0.2, 0.25) is 0 Å². The summed E-state index contributed by atoms with van der Waals surface area (Å²) in [5, 5.41) is 3.44. The van der Waals surface area contributed by atoms with E-state index in [0.29, 0.717) is 31.0 Å². The summed E-state index contributed by atoms with van der Waals surface area (Å²) in [6, 6.07) is 5.49. The number of benzene rings is 1. The van der Waals surface area contributed by atoms with Crippen LogP contribution in [0.4, 0.5) is 0 Å². The molecule has 28 heavy (non-hydrogen) atoms. The number of nitrogens with zero attached hydrogens (tertiary/aromatic N) is 1. The van der Waals surface area contributed by atoms with E-state index in [9.17, 15) is 13.2 Å². The Morgan fingerprint density at radius 2 is 1.93 bits per heavy atom. The number of hydrogen-bond donors (Lipinski definition) is 2. The molecule has 1 saturated heterocycles. The van der Waals surface area contributed by atoms with Gasteiger partial charge in [0.25, 0.3) is 0 Å². The van der Waals surface area contributed by atoms with Crippen LogP contribution in [0.1, 0.15) is 44.7 Å². The van der Waals surface area contributed by atoms with Crippen molar-refractivity contribution >= 4 is 28.3 Å². The number of amides is 1. The standard InChI is InChI=1S/C20H31N3O3S.ClH/c1-15(24)23-11-7-16-5-6-18(13-17(16)8-12-23)27(25,26)22-14-19-20(2,3)9-4-10-21-19;/h5-6,13,19,21-22H,4,7-12,14H2,1-3H3;1H. The summed E-state index contributed by atoms with van der Waals surface area (Å²) in [4.78, 5) is 13.8. The van der Waals surface area contributed by atoms with Gasteiger partial charge in [-0.25, -0.2) is 13.1 Å². The zero-order chi connectivity index (χ0) is 19.7. The average molecular weight is 430 g/mol. The molecule has 1 amide bonds. The maximum absolute atomic E-state index is 12.8. The van der Waals surface area contributed by atoms with Crippen molar-refractivity contribution in [2.24, 2.45) is 5.41 Å². The van der Waals surface area contributed by atoms with Gasteiger partial charge in [-0.2, -0.15) is 0 Å². The van der Waals surface area contributed by atoms with Crippen LogP contribution in [0, 0.1) is 5.41 Å². The summed E-state index contributed by atoms with van der Waals surface area (Å²) in [5.74, 6) is 0.0694. The second kappa shape index (κ2) is 9.11. The topological polar surface area (TPSA) is 78.5 Å². The molecule has 3 rings (SSSR count). The maximum atomic E-state index is 12.8. The largest absolute Gasteiger partial charge is 0.342 e. The number of rotatable bonds is 4. The summed E-state index contributed by atoms with van der Waals surface area (Å²) < 4.78 is 28.4. The van der Waals surface area contributed by atoms with Gasteiger partial charge in [0.15, 0.2) is 0 Å². The van der Waals surface area contributed by atoms with Gasteiger partial charge in [-0.3, -0.25) is 4.79 Å². The lowest BCUT2D eigenvalue weighted by molar-refractivity contribution is -0.128. The van der Waals surface area contributed by atoms with Crippen molar-refractivity contribution in [2.75, 3.05) is 26.2 Å². The first-order valence-corrected chi connectivity index (χ1v) is 11.3. The highest BCUT2D eigenvalue weighted by molar-refractivity contribution is 7.89. The molecule has 1 atom stereocenters. The van der Waals surface area contributed by atoms with E-state index in [1.165, 1.54) is 0 Å². The Hall–Kier alpha value is -1.15. The predicted octanol–water partition coefficient (Wildman–Crippen LogP) is 2.11. The highest BCUT2D eigenvalue weighted by Crippen LogP contribution is 2.30. The highest BCUT2D eigenvalue weighted by atomic mass is 35.5. The van der Waals surface area contributed by atoms with Gasteiger partial charge < -0.3 is 10.2 Å². The molecule has 1 aromatic carbocycles. The zero-order valence-electron chi connectivity index (χ0n) is 17.0. The summed E-state index contributed by atoms with van der Waals surface area (Å²) in [7, 11) is -3.56. The van der Waals surface area contributed by atoms with Crippen LogP contribution in [-0.4, -0.2) is 51.4 Å². The number of carbonyl (C=O) groups excluding carboxylic acids is 1. The molecule has 0 radical (unpaired) electrons. The molecule has 1 aromatic rings. The number of carbonyl (C=O) groups is 1. The minimum absolute atomic E-state index is 0. The van der Waals surface area contributed by atoms with Crippen LogP contribution in [0.5, 0.6) is 0 Å². The first-order valence-electron chi connectivity index (χ1n) is 9.79. The summed E-state index contributed by atoms with van der Waals surface area (Å²) in [6.07, 6.45) is 3.68. The van der Waals surface area contributed by atoms with E-state index in [1.54, 1.807) is 19.1 Å². The predicted molar refractivity (Wildman–Crippen MR) is 113 cm³/mol. The van der Waals surface area contributed by atoms with E-state index in [-0.39, 0.29) is 29.8 Å². The van der Waals surface area contributed by atoms with E-state index in [0.717, 1.165) is 36.9 Å². The number of sulfonamides is 1. The van der Waals surface area contributed by atoms with E-state index in [4.69, 9.17) is 0 Å². The lowest BCUT2D eigenvalue weighted by atomic mass is 9.78. The van der Waals surface area contributed by atoms with E-state index >= 15 is 0 Å². The molecule has 2 aliphatic heterocycles. The van der Waals surface area contributed by atoms with Gasteiger partial charge in [0.2, 0.25) is 15.9 Å². The second-order valence-corrected chi connectivity index (χ2v) is 10.2. The Morgan fingerprint density at radius 3 is 2.57 bits per heavy atom. The molecule has 0 aliphatic carbocycles. The summed E-state index contributed by atoms with van der Waals surface area (Å²) in [6.45, 7) is 8.60. The van der Waals surface area contributed by atoms with Crippen LogP contribution >= 0.6 is 12.4 Å². The molecule has 0 spiro atoms. The van der Waals surface area contributed by atoms with Crippen molar-refractivity contribution in [3.63, 3.8) is 0 Å². The van der Waals surface area contributed by atoms with Crippen LogP contribution in [-0.2, 0) is 27.7 Å². The van der Waals surface area contributed by atoms with Gasteiger partial charge in [0, 0.05) is 32.6 Å². The summed E-state index contributed by atoms with van der Waals surface area (Å²) in [5.41, 5.74) is 2.23. The minimum Gasteiger partial charge on any atom is -0.342 e. The van der Waals surface area contributed by atoms with Crippen molar-refractivity contribution in [1.82, 2.24) is 14.9 Å². The second-order valence-electron chi connectivity index (χ2n) is 8.39. The molecular weight excluding hydrogens is 398 g/mol. The van der Waals surface area contributed by atoms with Crippen LogP contribution in [0.3, 0.4) is 0 Å². The maximum Gasteiger partial charge on any atom is 0.240 e. The van der Waals surface area contributed by atoms with Gasteiger partial charge >= 0.3 is 0 Å². The molecular formula is C20H32ClN3O3S. The third-order valence-corrected chi connectivity index (χ3v) is 7.47. The number of nitrogens with one attached hydrogen (secondary N) is 2. The van der Waals surface area contributed by atoms with Crippen molar-refractivity contribution < 1.29 is 13.2 Å². The Balaban J connectivity index is 0.00000280. The molecule has 2 N–H and O–H groups in total. The number of fused-ring (bicyclic) bond motifs is 1. The molecule has 6 nitrogen and oxygen atoms in total. The molecule has 0 saturated carbocycles. The van der Waals surface area contributed by atoms with Crippen molar-refractivity contribution in [3.8, 4) is 0 Å². The molecule has 0 bridgehead atoms. The van der Waals surface area contributed by atoms with Gasteiger partial charge in [-0.15, -0.1) is 12.4 Å². The Labute approximate surface area is 174 Å². The normalized spacial score (nSPS) is 22.0. The first-order chi connectivity index (χ1) is 12.7. The molecule has 2 aliphatic rings. The van der Waals surface area contributed by atoms with Crippen molar-refractivity contribution in [1.29, 1.82) is 0 Å². The Kier molecular flexibility index (Phi) is 7.53. The fourth-order valence-electron chi connectivity index (χ4n) is 4.08. The molecule has 0 aromatic heterocycles. The quantitative estimate of drug-likeness (QED) is 0.768. The average Bonchev–Trinajstić information content (AvgIpc) is 2.82. The van der Waals surface area contributed by atoms with Crippen molar-refractivity contribution in [3.05, 3.63) is 29.3 Å². The van der Waals surface area contributed by atoms with E-state index in [2.05, 4.69) is 23.9 Å². The molecule has 1 unspecified atom stereocenters. The lowest BCUT2D eigenvalue weighted by Gasteiger charge is -2.39. The summed E-state index contributed by atoms with van der Waals surface area (Å²) >= 11 is 0. The monoisotopic (exact) mass is 429 g/mol. The number of hydrogen-bond acceptors (Lipinski definition) is 4. The fourth-order valence-corrected chi connectivity index (χ4v) is 5.18. The van der Waals surface area contributed by atoms with Gasteiger partial charge in [0.05, 0.1) is 4.90 Å². The van der Waals surface area contributed by atoms with Crippen LogP contribution in [0.15, 0.2) is 23.1 Å². The molecule has 2 heterocycles. The smallest absolute Gasteiger partial charge is 0.240 e. The molecule has 1 fully saturated rings. The van der Waals surface area contributed by atoms with Crippen LogP contribution in [0.25, 0.3) is 0 Å². The highest BCUT2D eigenvalue weighted by Gasteiger charge is 2.32. The Morgan fingerprint density at radius 1 is 1.25 bits per heavy atom. The molecule has 8 heteroatoms. The van der Waals surface area contributed by atoms with Crippen LogP contribution < -0.4 is 10.0 Å². The van der Waals surface area contributed by atoms with E-state index < -0.39 is 10.0 Å². The van der Waals surface area contributed by atoms with Crippen molar-refractivity contribution in [2.45, 2.75) is 57.4 Å². The zero-order valence-corrected chi connectivity index (χ0v) is 18.6. The fraction of sp³-hybridized carbons (Fsp3) is 0.650. The van der Waals surface area contributed by atoms with Gasteiger partial charge in [-0.1, -0.05) is 19.9 Å². The SMILES string of the molecule is CC(=O)N1CCc2ccc(S(=O)(=O)NCC3NCCCC3(C)C)cc2CC1.Cl. The lowest BCUT2D eigenvalue weighted by Crippen LogP contribution is -2.52.